The first-order valence-electron chi connectivity index (χ1n) is 7.94. The number of nitrogens with zero attached hydrogens (tertiary/aromatic N) is 1. The van der Waals surface area contributed by atoms with Gasteiger partial charge < -0.3 is 14.6 Å². The summed E-state index contributed by atoms with van der Waals surface area (Å²) in [6, 6.07) is 0.0438. The molecule has 1 aliphatic carbocycles. The molecule has 0 aromatic carbocycles. The van der Waals surface area contributed by atoms with Crippen LogP contribution < -0.4 is 0 Å². The summed E-state index contributed by atoms with van der Waals surface area (Å²) >= 11 is 0. The van der Waals surface area contributed by atoms with E-state index in [1.807, 2.05) is 34.6 Å². The number of aliphatic hydroxyl groups excluding tert-OH is 1. The van der Waals surface area contributed by atoms with Crippen LogP contribution in [0.5, 0.6) is 0 Å². The summed E-state index contributed by atoms with van der Waals surface area (Å²) in [6.45, 7) is 10.00. The van der Waals surface area contributed by atoms with Gasteiger partial charge in [0, 0.05) is 0 Å². The van der Waals surface area contributed by atoms with Crippen LogP contribution in [0.4, 0.5) is 4.79 Å². The summed E-state index contributed by atoms with van der Waals surface area (Å²) in [5.74, 6) is 0.377. The predicted octanol–water partition coefficient (Wildman–Crippen LogP) is 2.91. The van der Waals surface area contributed by atoms with E-state index in [4.69, 9.17) is 9.47 Å². The highest BCUT2D eigenvalue weighted by atomic mass is 16.6. The van der Waals surface area contributed by atoms with Crippen LogP contribution in [0.25, 0.3) is 0 Å². The van der Waals surface area contributed by atoms with E-state index in [1.54, 1.807) is 4.90 Å². The topological polar surface area (TPSA) is 59.0 Å². The lowest BCUT2D eigenvalue weighted by Crippen LogP contribution is -2.52. The maximum atomic E-state index is 12.6. The summed E-state index contributed by atoms with van der Waals surface area (Å²) in [7, 11) is 0. The number of aliphatic hydroxyl groups is 1. The minimum atomic E-state index is -0.636. The Morgan fingerprint density at radius 1 is 1.24 bits per heavy atom. The van der Waals surface area contributed by atoms with Crippen molar-refractivity contribution in [3.05, 3.63) is 0 Å². The third-order valence-corrected chi connectivity index (χ3v) is 4.39. The highest BCUT2D eigenvalue weighted by molar-refractivity contribution is 5.69. The van der Waals surface area contributed by atoms with Crippen LogP contribution in [-0.2, 0) is 9.47 Å². The zero-order chi connectivity index (χ0) is 15.8. The Bertz CT molecular complexity index is 380. The lowest BCUT2D eigenvalue weighted by molar-refractivity contribution is -0.0656. The summed E-state index contributed by atoms with van der Waals surface area (Å²) < 4.78 is 11.4. The fraction of sp³-hybridized carbons (Fsp3) is 0.938. The molecule has 1 amide bonds. The Hall–Kier alpha value is -0.810. The van der Waals surface area contributed by atoms with E-state index >= 15 is 0 Å². The van der Waals surface area contributed by atoms with Crippen LogP contribution in [0.2, 0.25) is 0 Å². The van der Waals surface area contributed by atoms with Crippen molar-refractivity contribution < 1.29 is 19.4 Å². The van der Waals surface area contributed by atoms with Crippen molar-refractivity contribution in [3.8, 4) is 0 Å². The molecule has 1 heterocycles. The normalized spacial score (nSPS) is 33.0. The van der Waals surface area contributed by atoms with Gasteiger partial charge in [0.25, 0.3) is 0 Å². The first-order valence-corrected chi connectivity index (χ1v) is 7.94. The number of carbonyl (C=O) groups excluding carboxylic acids is 1. The molecule has 0 aromatic rings. The second-order valence-corrected chi connectivity index (χ2v) is 7.74. The van der Waals surface area contributed by atoms with Gasteiger partial charge in [-0.05, 0) is 66.2 Å². The van der Waals surface area contributed by atoms with E-state index < -0.39 is 11.3 Å². The van der Waals surface area contributed by atoms with Crippen LogP contribution in [0.3, 0.4) is 0 Å². The van der Waals surface area contributed by atoms with Crippen molar-refractivity contribution >= 4 is 6.09 Å². The molecule has 2 rings (SSSR count). The number of hydrogen-bond donors (Lipinski definition) is 1. The Labute approximate surface area is 127 Å². The molecule has 2 aliphatic rings. The largest absolute Gasteiger partial charge is 0.444 e. The van der Waals surface area contributed by atoms with E-state index in [9.17, 15) is 9.90 Å². The van der Waals surface area contributed by atoms with E-state index in [0.717, 1.165) is 25.7 Å². The summed E-state index contributed by atoms with van der Waals surface area (Å²) in [5.41, 5.74) is -1.15. The molecule has 1 N–H and O–H groups in total. The number of rotatable bonds is 1. The lowest BCUT2D eigenvalue weighted by Gasteiger charge is -2.39. The highest BCUT2D eigenvalue weighted by Crippen LogP contribution is 2.38. The molecule has 0 spiro atoms. The maximum absolute atomic E-state index is 12.6. The average Bonchev–Trinajstić information content (AvgIpc) is 2.64. The van der Waals surface area contributed by atoms with Crippen molar-refractivity contribution in [2.24, 2.45) is 5.92 Å². The molecule has 1 aliphatic heterocycles. The molecule has 1 saturated heterocycles. The quantitative estimate of drug-likeness (QED) is 0.809. The second-order valence-electron chi connectivity index (χ2n) is 7.74. The van der Waals surface area contributed by atoms with E-state index in [0.29, 0.717) is 12.5 Å². The number of amides is 1. The lowest BCUT2D eigenvalue weighted by atomic mass is 9.82. The minimum Gasteiger partial charge on any atom is -0.444 e. The van der Waals surface area contributed by atoms with Crippen molar-refractivity contribution in [3.63, 3.8) is 0 Å². The molecule has 1 saturated carbocycles. The molecule has 0 bridgehead atoms. The number of ether oxygens (including phenoxy) is 2. The van der Waals surface area contributed by atoms with Gasteiger partial charge >= 0.3 is 6.09 Å². The fourth-order valence-electron chi connectivity index (χ4n) is 3.33. The standard InChI is InChI=1S/C16H29NO4/c1-15(2,3)21-14(19)17-13(10-20-16(17,4)5)11-6-8-12(18)9-7-11/h11-13,18H,6-10H2,1-5H3. The Morgan fingerprint density at radius 2 is 1.81 bits per heavy atom. The van der Waals surface area contributed by atoms with Gasteiger partial charge in [0.05, 0.1) is 18.8 Å². The SMILES string of the molecule is CC(C)(C)OC(=O)N1C(C2CCC(O)CC2)COC1(C)C. The Morgan fingerprint density at radius 3 is 2.33 bits per heavy atom. The maximum Gasteiger partial charge on any atom is 0.412 e. The average molecular weight is 299 g/mol. The molecule has 0 aromatic heterocycles. The third-order valence-electron chi connectivity index (χ3n) is 4.39. The van der Waals surface area contributed by atoms with Crippen molar-refractivity contribution in [1.29, 1.82) is 0 Å². The van der Waals surface area contributed by atoms with Crippen LogP contribution in [0.15, 0.2) is 0 Å². The van der Waals surface area contributed by atoms with Gasteiger partial charge in [0.1, 0.15) is 11.3 Å². The zero-order valence-electron chi connectivity index (χ0n) is 13.9. The number of carbonyl (C=O) groups is 1. The van der Waals surface area contributed by atoms with Crippen LogP contribution in [-0.4, -0.2) is 46.2 Å². The third kappa shape index (κ3) is 3.89. The fourth-order valence-corrected chi connectivity index (χ4v) is 3.33. The van der Waals surface area contributed by atoms with E-state index in [-0.39, 0.29) is 18.2 Å². The predicted molar refractivity (Wildman–Crippen MR) is 79.9 cm³/mol. The zero-order valence-corrected chi connectivity index (χ0v) is 13.9. The van der Waals surface area contributed by atoms with Crippen molar-refractivity contribution in [1.82, 2.24) is 4.90 Å². The Kier molecular flexibility index (Phi) is 4.54. The molecule has 0 radical (unpaired) electrons. The van der Waals surface area contributed by atoms with Gasteiger partial charge in [-0.1, -0.05) is 0 Å². The van der Waals surface area contributed by atoms with Crippen LogP contribution in [0.1, 0.15) is 60.3 Å². The van der Waals surface area contributed by atoms with E-state index in [1.165, 1.54) is 0 Å². The minimum absolute atomic E-state index is 0.0438. The van der Waals surface area contributed by atoms with Gasteiger partial charge in [0.2, 0.25) is 0 Å². The van der Waals surface area contributed by atoms with Gasteiger partial charge in [-0.25, -0.2) is 4.79 Å². The van der Waals surface area contributed by atoms with E-state index in [2.05, 4.69) is 0 Å². The van der Waals surface area contributed by atoms with Crippen molar-refractivity contribution in [2.75, 3.05) is 6.61 Å². The molecule has 5 heteroatoms. The smallest absolute Gasteiger partial charge is 0.412 e. The Balaban J connectivity index is 2.11. The monoisotopic (exact) mass is 299 g/mol. The van der Waals surface area contributed by atoms with Crippen LogP contribution in [0, 0.1) is 5.92 Å². The second kappa shape index (κ2) is 5.76. The molecule has 1 atom stereocenters. The molecule has 1 unspecified atom stereocenters. The summed E-state index contributed by atoms with van der Waals surface area (Å²) in [5, 5.41) is 9.66. The van der Waals surface area contributed by atoms with Gasteiger partial charge in [-0.3, -0.25) is 4.90 Å². The number of hydrogen-bond acceptors (Lipinski definition) is 4. The first kappa shape index (κ1) is 16.6. The highest BCUT2D eigenvalue weighted by Gasteiger charge is 2.48. The van der Waals surface area contributed by atoms with Gasteiger partial charge in [0.15, 0.2) is 0 Å². The van der Waals surface area contributed by atoms with Gasteiger partial charge in [-0.15, -0.1) is 0 Å². The molecule has 122 valence electrons. The van der Waals surface area contributed by atoms with Crippen LogP contribution >= 0.6 is 0 Å². The molecular weight excluding hydrogens is 270 g/mol. The molecule has 5 nitrogen and oxygen atoms in total. The summed E-state index contributed by atoms with van der Waals surface area (Å²) in [4.78, 5) is 14.3. The first-order chi connectivity index (χ1) is 9.60. The molecule has 2 fully saturated rings. The summed E-state index contributed by atoms with van der Waals surface area (Å²) in [6.07, 6.45) is 3.00. The molecular formula is C16H29NO4. The molecule has 21 heavy (non-hydrogen) atoms. The van der Waals surface area contributed by atoms with Gasteiger partial charge in [-0.2, -0.15) is 0 Å². The van der Waals surface area contributed by atoms with Crippen molar-refractivity contribution in [2.45, 2.75) is 83.8 Å².